The van der Waals surface area contributed by atoms with Gasteiger partial charge < -0.3 is 15.1 Å². The highest BCUT2D eigenvalue weighted by Crippen LogP contribution is 2.16. The minimum atomic E-state index is -0.902. The van der Waals surface area contributed by atoms with Gasteiger partial charge in [0.15, 0.2) is 0 Å². The lowest BCUT2D eigenvalue weighted by Crippen LogP contribution is -2.29. The Bertz CT molecular complexity index is 439. The van der Waals surface area contributed by atoms with Crippen LogP contribution in [0.3, 0.4) is 0 Å². The number of nitrogens with zero attached hydrogens (tertiary/aromatic N) is 1. The van der Waals surface area contributed by atoms with Gasteiger partial charge in [0.1, 0.15) is 5.82 Å². The summed E-state index contributed by atoms with van der Waals surface area (Å²) in [4.78, 5) is 13.3. The maximum atomic E-state index is 13.1. The molecule has 1 saturated heterocycles. The number of carbonyl (C=O) groups is 1. The number of aryl methyl sites for hydroxylation is 1. The van der Waals surface area contributed by atoms with Gasteiger partial charge in [0.2, 0.25) is 0 Å². The molecule has 17 heavy (non-hydrogen) atoms. The second-order valence-electron chi connectivity index (χ2n) is 4.31. The van der Waals surface area contributed by atoms with Gasteiger partial charge in [-0.05, 0) is 30.7 Å². The summed E-state index contributed by atoms with van der Waals surface area (Å²) in [6.45, 7) is 1.80. The van der Waals surface area contributed by atoms with Gasteiger partial charge in [0.25, 0.3) is 5.91 Å². The van der Waals surface area contributed by atoms with Crippen molar-refractivity contribution in [2.24, 2.45) is 0 Å². The molecule has 5 heteroatoms. The lowest BCUT2D eigenvalue weighted by Gasteiger charge is -2.15. The molecule has 0 saturated carbocycles. The van der Waals surface area contributed by atoms with E-state index in [0.29, 0.717) is 11.1 Å². The molecular weight excluding hydrogens is 225 g/mol. The van der Waals surface area contributed by atoms with Crippen LogP contribution in [-0.2, 0) is 0 Å². The van der Waals surface area contributed by atoms with Gasteiger partial charge in [-0.15, -0.1) is 0 Å². The summed E-state index contributed by atoms with van der Waals surface area (Å²) in [6.07, 6.45) is -1.80. The second kappa shape index (κ2) is 4.43. The lowest BCUT2D eigenvalue weighted by molar-refractivity contribution is 0.0572. The molecule has 0 radical (unpaired) electrons. The van der Waals surface area contributed by atoms with Crippen molar-refractivity contribution in [2.45, 2.75) is 19.1 Å². The Morgan fingerprint density at radius 3 is 2.47 bits per heavy atom. The highest BCUT2D eigenvalue weighted by atomic mass is 19.1. The van der Waals surface area contributed by atoms with Crippen LogP contribution in [-0.4, -0.2) is 46.3 Å². The summed E-state index contributed by atoms with van der Waals surface area (Å²) < 4.78 is 13.1. The number of rotatable bonds is 1. The molecule has 2 rings (SSSR count). The fourth-order valence-corrected chi connectivity index (χ4v) is 1.90. The van der Waals surface area contributed by atoms with E-state index in [0.717, 1.165) is 0 Å². The smallest absolute Gasteiger partial charge is 0.254 e. The Hall–Kier alpha value is -1.46. The summed E-state index contributed by atoms with van der Waals surface area (Å²) in [5.41, 5.74) is 0.765. The third-order valence-electron chi connectivity index (χ3n) is 2.95. The number of β-amino-alcohol motifs (C(OH)–C–C–N with tert-alkyl or cyclic N) is 2. The summed E-state index contributed by atoms with van der Waals surface area (Å²) >= 11 is 0. The summed E-state index contributed by atoms with van der Waals surface area (Å²) in [5.74, 6) is -0.660. The number of hydrogen-bond acceptors (Lipinski definition) is 3. The van der Waals surface area contributed by atoms with E-state index in [1.54, 1.807) is 6.92 Å². The standard InChI is InChI=1S/C12H14FNO3/c1-7-4-8(2-3-9(7)13)12(17)14-5-10(15)11(16)6-14/h2-4,10-11,15-16H,5-6H2,1H3. The van der Waals surface area contributed by atoms with Gasteiger partial charge in [-0.3, -0.25) is 4.79 Å². The molecule has 1 aliphatic heterocycles. The number of hydrogen-bond donors (Lipinski definition) is 2. The van der Waals surface area contributed by atoms with Crippen molar-refractivity contribution in [3.63, 3.8) is 0 Å². The molecule has 92 valence electrons. The summed E-state index contributed by atoms with van der Waals surface area (Å²) in [6, 6.07) is 4.11. The minimum Gasteiger partial charge on any atom is -0.388 e. The van der Waals surface area contributed by atoms with Crippen LogP contribution >= 0.6 is 0 Å². The van der Waals surface area contributed by atoms with Gasteiger partial charge in [-0.2, -0.15) is 0 Å². The largest absolute Gasteiger partial charge is 0.388 e. The average Bonchev–Trinajstić information content (AvgIpc) is 2.62. The Morgan fingerprint density at radius 2 is 1.94 bits per heavy atom. The monoisotopic (exact) mass is 239 g/mol. The first-order chi connectivity index (χ1) is 7.99. The van der Waals surface area contributed by atoms with E-state index in [9.17, 15) is 19.4 Å². The molecule has 1 fully saturated rings. The molecule has 1 aliphatic rings. The molecule has 0 aromatic heterocycles. The van der Waals surface area contributed by atoms with Crippen LogP contribution in [0.25, 0.3) is 0 Å². The molecule has 2 atom stereocenters. The van der Waals surface area contributed by atoms with Crippen LogP contribution in [0.2, 0.25) is 0 Å². The Labute approximate surface area is 98.3 Å². The molecule has 1 heterocycles. The molecule has 2 unspecified atom stereocenters. The van der Waals surface area contributed by atoms with E-state index in [1.807, 2.05) is 0 Å². The maximum absolute atomic E-state index is 13.1. The molecule has 4 nitrogen and oxygen atoms in total. The van der Waals surface area contributed by atoms with Crippen LogP contribution in [0.5, 0.6) is 0 Å². The van der Waals surface area contributed by atoms with Crippen molar-refractivity contribution >= 4 is 5.91 Å². The zero-order valence-electron chi connectivity index (χ0n) is 9.43. The third kappa shape index (κ3) is 2.30. The Balaban J connectivity index is 2.17. The van der Waals surface area contributed by atoms with Crippen molar-refractivity contribution in [3.05, 3.63) is 35.1 Å². The zero-order valence-corrected chi connectivity index (χ0v) is 9.43. The number of aliphatic hydroxyl groups is 2. The normalized spacial score (nSPS) is 24.1. The third-order valence-corrected chi connectivity index (χ3v) is 2.95. The minimum absolute atomic E-state index is 0.108. The predicted octanol–water partition coefficient (Wildman–Crippen LogP) is 0.312. The van der Waals surface area contributed by atoms with E-state index in [2.05, 4.69) is 0 Å². The van der Waals surface area contributed by atoms with Crippen molar-refractivity contribution < 1.29 is 19.4 Å². The number of benzene rings is 1. The fourth-order valence-electron chi connectivity index (χ4n) is 1.90. The van der Waals surface area contributed by atoms with Crippen molar-refractivity contribution in [1.82, 2.24) is 4.90 Å². The highest BCUT2D eigenvalue weighted by Gasteiger charge is 2.32. The molecular formula is C12H14FNO3. The van der Waals surface area contributed by atoms with Gasteiger partial charge in [0.05, 0.1) is 12.2 Å². The molecule has 0 aliphatic carbocycles. The first-order valence-corrected chi connectivity index (χ1v) is 5.40. The SMILES string of the molecule is Cc1cc(C(=O)N2CC(O)C(O)C2)ccc1F. The van der Waals surface area contributed by atoms with Crippen LogP contribution < -0.4 is 0 Å². The maximum Gasteiger partial charge on any atom is 0.254 e. The quantitative estimate of drug-likeness (QED) is 0.741. The Morgan fingerprint density at radius 1 is 1.35 bits per heavy atom. The van der Waals surface area contributed by atoms with Crippen molar-refractivity contribution in [3.8, 4) is 0 Å². The summed E-state index contributed by atoms with van der Waals surface area (Å²) in [7, 11) is 0. The molecule has 1 aromatic rings. The molecule has 0 spiro atoms. The highest BCUT2D eigenvalue weighted by molar-refractivity contribution is 5.94. The first kappa shape index (κ1) is 12.0. The molecule has 1 aromatic carbocycles. The lowest BCUT2D eigenvalue weighted by atomic mass is 10.1. The van der Waals surface area contributed by atoms with Gasteiger partial charge >= 0.3 is 0 Å². The first-order valence-electron chi connectivity index (χ1n) is 5.40. The number of halogens is 1. The zero-order chi connectivity index (χ0) is 12.6. The van der Waals surface area contributed by atoms with Crippen LogP contribution in [0.15, 0.2) is 18.2 Å². The average molecular weight is 239 g/mol. The number of carbonyl (C=O) groups excluding carboxylic acids is 1. The van der Waals surface area contributed by atoms with Crippen molar-refractivity contribution in [1.29, 1.82) is 0 Å². The van der Waals surface area contributed by atoms with Gasteiger partial charge in [-0.25, -0.2) is 4.39 Å². The van der Waals surface area contributed by atoms with E-state index in [-0.39, 0.29) is 24.8 Å². The van der Waals surface area contributed by atoms with E-state index in [1.165, 1.54) is 23.1 Å². The molecule has 0 bridgehead atoms. The number of likely N-dealkylation sites (tertiary alicyclic amines) is 1. The Kier molecular flexibility index (Phi) is 3.13. The molecule has 2 N–H and O–H groups in total. The predicted molar refractivity (Wildman–Crippen MR) is 59.1 cm³/mol. The van der Waals surface area contributed by atoms with E-state index in [4.69, 9.17) is 0 Å². The number of amides is 1. The van der Waals surface area contributed by atoms with E-state index >= 15 is 0 Å². The fraction of sp³-hybridized carbons (Fsp3) is 0.417. The van der Waals surface area contributed by atoms with Crippen LogP contribution in [0.1, 0.15) is 15.9 Å². The van der Waals surface area contributed by atoms with Crippen molar-refractivity contribution in [2.75, 3.05) is 13.1 Å². The topological polar surface area (TPSA) is 60.8 Å². The summed E-state index contributed by atoms with van der Waals surface area (Å²) in [5, 5.41) is 18.7. The van der Waals surface area contributed by atoms with Gasteiger partial charge in [0, 0.05) is 18.7 Å². The van der Waals surface area contributed by atoms with Crippen LogP contribution in [0.4, 0.5) is 4.39 Å². The van der Waals surface area contributed by atoms with Crippen LogP contribution in [0, 0.1) is 12.7 Å². The second-order valence-corrected chi connectivity index (χ2v) is 4.31. The van der Waals surface area contributed by atoms with Gasteiger partial charge in [-0.1, -0.05) is 0 Å². The van der Waals surface area contributed by atoms with E-state index < -0.39 is 12.2 Å². The number of aliphatic hydroxyl groups excluding tert-OH is 2. The molecule has 1 amide bonds.